The van der Waals surface area contributed by atoms with Crippen LogP contribution in [0.2, 0.25) is 0 Å². The van der Waals surface area contributed by atoms with E-state index in [4.69, 9.17) is 10.6 Å². The molecule has 8 nitrogen and oxygen atoms in total. The third kappa shape index (κ3) is 13.9. The minimum Gasteiger partial charge on any atom is -0.443 e. The summed E-state index contributed by atoms with van der Waals surface area (Å²) in [5.41, 5.74) is 3.70. The van der Waals surface area contributed by atoms with Crippen LogP contribution in [0.3, 0.4) is 0 Å². The number of rotatable bonds is 4. The average molecular weight is 717 g/mol. The molecular weight excluding hydrogens is 686 g/mol. The minimum atomic E-state index is -0.643. The largest absolute Gasteiger partial charge is 0.443 e. The Morgan fingerprint density at radius 1 is 0.912 bits per heavy atom. The summed E-state index contributed by atoms with van der Waals surface area (Å²) in [6.07, 6.45) is -0.0523. The van der Waals surface area contributed by atoms with E-state index in [-0.39, 0.29) is 30.6 Å². The molecule has 2 rings (SSSR count). The van der Waals surface area contributed by atoms with Crippen LogP contribution in [0.15, 0.2) is 48.5 Å². The molecule has 11 heteroatoms. The maximum absolute atomic E-state index is 12.0. The van der Waals surface area contributed by atoms with Gasteiger partial charge in [0.25, 0.3) is 0 Å². The molecule has 0 bridgehead atoms. The molecule has 0 fully saturated rings. The predicted molar refractivity (Wildman–Crippen MR) is 152 cm³/mol. The number of nitrogens with two attached hydrogens (primary N) is 1. The highest BCUT2D eigenvalue weighted by molar-refractivity contribution is 14.1. The third-order valence-corrected chi connectivity index (χ3v) is 5.26. The SMILES string of the molecule is CN(N)C(=O)Cc1cccc(I)c1.CN(NC(=O)OC(C)(C)C)C(=O)Cc1cccc(I)c1.Cl. The predicted octanol–water partition coefficient (Wildman–Crippen LogP) is 4.32. The molecule has 0 atom stereocenters. The average Bonchev–Trinajstić information content (AvgIpc) is 2.66. The molecule has 0 radical (unpaired) electrons. The number of ether oxygens (including phenoxy) is 1. The Morgan fingerprint density at radius 3 is 1.74 bits per heavy atom. The first-order valence-electron chi connectivity index (χ1n) is 10.0. The van der Waals surface area contributed by atoms with E-state index in [1.807, 2.05) is 48.5 Å². The maximum atomic E-state index is 12.0. The van der Waals surface area contributed by atoms with Crippen molar-refractivity contribution in [3.8, 4) is 0 Å². The summed E-state index contributed by atoms with van der Waals surface area (Å²) in [5, 5.41) is 2.26. The van der Waals surface area contributed by atoms with Gasteiger partial charge in [-0.2, -0.15) is 0 Å². The van der Waals surface area contributed by atoms with Gasteiger partial charge < -0.3 is 4.74 Å². The van der Waals surface area contributed by atoms with E-state index >= 15 is 0 Å². The van der Waals surface area contributed by atoms with Crippen LogP contribution in [0.4, 0.5) is 4.79 Å². The van der Waals surface area contributed by atoms with Crippen LogP contribution in [0, 0.1) is 7.14 Å². The summed E-state index contributed by atoms with van der Waals surface area (Å²) in [4.78, 5) is 34.8. The molecule has 3 amide bonds. The summed E-state index contributed by atoms with van der Waals surface area (Å²) in [6, 6.07) is 15.5. The summed E-state index contributed by atoms with van der Waals surface area (Å²) >= 11 is 4.40. The van der Waals surface area contributed by atoms with Gasteiger partial charge in [0.2, 0.25) is 11.8 Å². The second kappa shape index (κ2) is 15.4. The van der Waals surface area contributed by atoms with Crippen LogP contribution >= 0.6 is 57.6 Å². The molecule has 0 aliphatic carbocycles. The summed E-state index contributed by atoms with van der Waals surface area (Å²) < 4.78 is 7.28. The standard InChI is InChI=1S/C14H19IN2O3.C9H11IN2O.ClH/c1-14(2,3)20-13(19)16-17(4)12(18)9-10-6-5-7-11(15)8-10;1-12(11)9(13)6-7-3-2-4-8(10)5-7;/h5-8H,9H2,1-4H3,(H,16,19);2-5H,6,11H2,1H3;1H. The molecule has 2 aromatic carbocycles. The normalized spacial score (nSPS) is 10.1. The number of nitrogens with zero attached hydrogens (tertiary/aromatic N) is 2. The second-order valence-corrected chi connectivity index (χ2v) is 10.7. The first kappa shape index (κ1) is 32.4. The number of carbonyl (C=O) groups excluding carboxylic acids is 3. The maximum Gasteiger partial charge on any atom is 0.426 e. The molecule has 188 valence electrons. The third-order valence-electron chi connectivity index (χ3n) is 3.91. The fraction of sp³-hybridized carbons (Fsp3) is 0.348. The van der Waals surface area contributed by atoms with Crippen molar-refractivity contribution in [2.75, 3.05) is 14.1 Å². The smallest absolute Gasteiger partial charge is 0.426 e. The van der Waals surface area contributed by atoms with Crippen LogP contribution in [0.5, 0.6) is 0 Å². The Hall–Kier alpha value is -1.64. The van der Waals surface area contributed by atoms with Gasteiger partial charge in [-0.25, -0.2) is 16.1 Å². The lowest BCUT2D eigenvalue weighted by atomic mass is 10.1. The van der Waals surface area contributed by atoms with Gasteiger partial charge in [0.05, 0.1) is 12.8 Å². The molecule has 3 N–H and O–H groups in total. The number of hydrogen-bond acceptors (Lipinski definition) is 5. The van der Waals surface area contributed by atoms with E-state index in [0.29, 0.717) is 6.42 Å². The van der Waals surface area contributed by atoms with E-state index < -0.39 is 11.7 Å². The zero-order chi connectivity index (χ0) is 25.2. The van der Waals surface area contributed by atoms with Crippen molar-refractivity contribution in [2.45, 2.75) is 39.2 Å². The number of benzene rings is 2. The zero-order valence-corrected chi connectivity index (χ0v) is 24.9. The quantitative estimate of drug-likeness (QED) is 0.213. The van der Waals surface area contributed by atoms with Crippen molar-refractivity contribution in [1.82, 2.24) is 15.4 Å². The van der Waals surface area contributed by atoms with E-state index in [1.54, 1.807) is 27.8 Å². The molecular formula is C23H31ClI2N4O4. The Labute approximate surface area is 234 Å². The minimum absolute atomic E-state index is 0. The van der Waals surface area contributed by atoms with Gasteiger partial charge in [0.15, 0.2) is 0 Å². The van der Waals surface area contributed by atoms with Crippen LogP contribution in [-0.2, 0) is 27.2 Å². The van der Waals surface area contributed by atoms with Gasteiger partial charge in [-0.15, -0.1) is 12.4 Å². The number of amides is 3. The highest BCUT2D eigenvalue weighted by Crippen LogP contribution is 2.10. The van der Waals surface area contributed by atoms with Crippen LogP contribution < -0.4 is 11.3 Å². The summed E-state index contributed by atoms with van der Waals surface area (Å²) in [6.45, 7) is 5.29. The molecule has 0 saturated heterocycles. The topological polar surface area (TPSA) is 105 Å². The van der Waals surface area contributed by atoms with Crippen molar-refractivity contribution in [1.29, 1.82) is 0 Å². The van der Waals surface area contributed by atoms with E-state index in [1.165, 1.54) is 7.05 Å². The molecule has 0 heterocycles. The highest BCUT2D eigenvalue weighted by atomic mass is 127. The van der Waals surface area contributed by atoms with Crippen LogP contribution in [-0.4, -0.2) is 47.6 Å². The fourth-order valence-electron chi connectivity index (χ4n) is 2.39. The summed E-state index contributed by atoms with van der Waals surface area (Å²) in [7, 11) is 3.05. The van der Waals surface area contributed by atoms with Crippen molar-refractivity contribution < 1.29 is 19.1 Å². The Balaban J connectivity index is 0.000000676. The molecule has 0 aliphatic heterocycles. The second-order valence-electron chi connectivity index (χ2n) is 8.18. The molecule has 0 aliphatic rings. The Bertz CT molecular complexity index is 968. The lowest BCUT2D eigenvalue weighted by Crippen LogP contribution is -2.46. The molecule has 0 saturated carbocycles. The highest BCUT2D eigenvalue weighted by Gasteiger charge is 2.19. The van der Waals surface area contributed by atoms with Crippen LogP contribution in [0.1, 0.15) is 31.9 Å². The number of carbonyl (C=O) groups is 3. The van der Waals surface area contributed by atoms with Crippen molar-refractivity contribution >= 4 is 75.5 Å². The van der Waals surface area contributed by atoms with E-state index in [0.717, 1.165) is 28.3 Å². The van der Waals surface area contributed by atoms with Gasteiger partial charge >= 0.3 is 6.09 Å². The monoisotopic (exact) mass is 716 g/mol. The molecule has 0 spiro atoms. The first-order valence-corrected chi connectivity index (χ1v) is 12.2. The van der Waals surface area contributed by atoms with E-state index in [2.05, 4.69) is 50.6 Å². The van der Waals surface area contributed by atoms with Gasteiger partial charge in [-0.05, 0) is 101 Å². The molecule has 34 heavy (non-hydrogen) atoms. The fourth-order valence-corrected chi connectivity index (χ4v) is 3.60. The lowest BCUT2D eigenvalue weighted by Gasteiger charge is -2.23. The van der Waals surface area contributed by atoms with Crippen LogP contribution in [0.25, 0.3) is 0 Å². The van der Waals surface area contributed by atoms with Crippen molar-refractivity contribution in [2.24, 2.45) is 5.84 Å². The zero-order valence-electron chi connectivity index (χ0n) is 19.8. The van der Waals surface area contributed by atoms with E-state index in [9.17, 15) is 14.4 Å². The molecule has 0 unspecified atom stereocenters. The van der Waals surface area contributed by atoms with Gasteiger partial charge in [-0.1, -0.05) is 24.3 Å². The van der Waals surface area contributed by atoms with Gasteiger partial charge in [0.1, 0.15) is 5.60 Å². The van der Waals surface area contributed by atoms with Crippen molar-refractivity contribution in [3.63, 3.8) is 0 Å². The Morgan fingerprint density at radius 2 is 1.35 bits per heavy atom. The van der Waals surface area contributed by atoms with Gasteiger partial charge in [0, 0.05) is 21.2 Å². The first-order chi connectivity index (χ1) is 15.3. The number of halogens is 3. The summed E-state index contributed by atoms with van der Waals surface area (Å²) in [5.74, 6) is 5.01. The number of likely N-dealkylation sites (N-methyl/N-ethyl adjacent to an activating group) is 2. The van der Waals surface area contributed by atoms with Crippen molar-refractivity contribution in [3.05, 3.63) is 66.8 Å². The molecule has 2 aromatic rings. The molecule has 0 aromatic heterocycles. The number of hydrazine groups is 2. The van der Waals surface area contributed by atoms with Gasteiger partial charge in [-0.3, -0.25) is 19.6 Å². The number of hydrogen-bond donors (Lipinski definition) is 2. The lowest BCUT2D eigenvalue weighted by molar-refractivity contribution is -0.132. The number of nitrogens with one attached hydrogen (secondary N) is 1. The Kier molecular flexibility index (Phi) is 14.6.